The number of carbonyl (C=O) groups excluding carboxylic acids is 1. The van der Waals surface area contributed by atoms with Gasteiger partial charge in [0, 0.05) is 37.4 Å². The van der Waals surface area contributed by atoms with E-state index in [1.165, 1.54) is 16.8 Å². The summed E-state index contributed by atoms with van der Waals surface area (Å²) in [5, 5.41) is 3.08. The number of piperazine rings is 1. The number of benzene rings is 3. The van der Waals surface area contributed by atoms with Gasteiger partial charge in [-0.1, -0.05) is 36.4 Å². The predicted molar refractivity (Wildman–Crippen MR) is 137 cm³/mol. The van der Waals surface area contributed by atoms with Crippen LogP contribution in [-0.4, -0.2) is 42.9 Å². The van der Waals surface area contributed by atoms with Gasteiger partial charge in [-0.25, -0.2) is 4.99 Å². The van der Waals surface area contributed by atoms with Gasteiger partial charge in [0.15, 0.2) is 0 Å². The number of guanidine groups is 1. The number of rotatable bonds is 3. The van der Waals surface area contributed by atoms with Gasteiger partial charge in [-0.15, -0.1) is 0 Å². The van der Waals surface area contributed by atoms with Crippen LogP contribution >= 0.6 is 0 Å². The average Bonchev–Trinajstić information content (AvgIpc) is 2.80. The maximum Gasteiger partial charge on any atom is 0.257 e. The SMILES string of the molecule is Cc1cc(C)cc(N=C(NC(=O)c2ccccc2)N2CCN(c3cc(C)ccc3C)CC2)c1. The second-order valence-corrected chi connectivity index (χ2v) is 8.87. The van der Waals surface area contributed by atoms with Gasteiger partial charge in [-0.3, -0.25) is 10.1 Å². The minimum Gasteiger partial charge on any atom is -0.368 e. The van der Waals surface area contributed by atoms with E-state index < -0.39 is 0 Å². The topological polar surface area (TPSA) is 47.9 Å². The average molecular weight is 441 g/mol. The zero-order chi connectivity index (χ0) is 23.4. The van der Waals surface area contributed by atoms with Crippen molar-refractivity contribution >= 4 is 23.2 Å². The van der Waals surface area contributed by atoms with E-state index >= 15 is 0 Å². The molecule has 1 heterocycles. The Hall–Kier alpha value is -3.60. The van der Waals surface area contributed by atoms with Crippen molar-refractivity contribution in [1.82, 2.24) is 10.2 Å². The van der Waals surface area contributed by atoms with Crippen molar-refractivity contribution in [2.45, 2.75) is 27.7 Å². The fraction of sp³-hybridized carbons (Fsp3) is 0.286. The van der Waals surface area contributed by atoms with Crippen LogP contribution in [0, 0.1) is 27.7 Å². The van der Waals surface area contributed by atoms with Crippen LogP contribution in [0.4, 0.5) is 11.4 Å². The van der Waals surface area contributed by atoms with E-state index in [-0.39, 0.29) is 5.91 Å². The summed E-state index contributed by atoms with van der Waals surface area (Å²) in [5.41, 5.74) is 7.63. The third-order valence-electron chi connectivity index (χ3n) is 5.99. The number of hydrogen-bond acceptors (Lipinski definition) is 3. The summed E-state index contributed by atoms with van der Waals surface area (Å²) in [7, 11) is 0. The Bertz CT molecular complexity index is 1140. The quantitative estimate of drug-likeness (QED) is 0.452. The van der Waals surface area contributed by atoms with Crippen molar-refractivity contribution in [2.24, 2.45) is 4.99 Å². The molecule has 0 spiro atoms. The highest BCUT2D eigenvalue weighted by molar-refractivity contribution is 6.06. The molecule has 1 saturated heterocycles. The molecule has 3 aromatic carbocycles. The highest BCUT2D eigenvalue weighted by Gasteiger charge is 2.23. The molecule has 4 rings (SSSR count). The number of nitrogens with zero attached hydrogens (tertiary/aromatic N) is 3. The molecule has 1 N–H and O–H groups in total. The van der Waals surface area contributed by atoms with E-state index in [0.717, 1.165) is 43.0 Å². The molecule has 0 radical (unpaired) electrons. The number of carbonyl (C=O) groups is 1. The Balaban J connectivity index is 1.57. The smallest absolute Gasteiger partial charge is 0.257 e. The van der Waals surface area contributed by atoms with Gasteiger partial charge < -0.3 is 9.80 Å². The molecule has 0 saturated carbocycles. The van der Waals surface area contributed by atoms with Gasteiger partial charge in [-0.2, -0.15) is 0 Å². The first-order chi connectivity index (χ1) is 15.9. The largest absolute Gasteiger partial charge is 0.368 e. The normalized spacial score (nSPS) is 14.4. The van der Waals surface area contributed by atoms with Gasteiger partial charge in [0.2, 0.25) is 5.96 Å². The zero-order valence-corrected chi connectivity index (χ0v) is 19.9. The van der Waals surface area contributed by atoms with Crippen molar-refractivity contribution < 1.29 is 4.79 Å². The summed E-state index contributed by atoms with van der Waals surface area (Å²) in [6.45, 7) is 11.7. The maximum atomic E-state index is 13.0. The van der Waals surface area contributed by atoms with E-state index in [4.69, 9.17) is 4.99 Å². The molecular weight excluding hydrogens is 408 g/mol. The van der Waals surface area contributed by atoms with Gasteiger partial charge in [0.05, 0.1) is 5.69 Å². The lowest BCUT2D eigenvalue weighted by Gasteiger charge is -2.38. The molecule has 1 aliphatic rings. The summed E-state index contributed by atoms with van der Waals surface area (Å²) >= 11 is 0. The van der Waals surface area contributed by atoms with Crippen molar-refractivity contribution in [3.8, 4) is 0 Å². The zero-order valence-electron chi connectivity index (χ0n) is 19.9. The first-order valence-corrected chi connectivity index (χ1v) is 11.5. The molecule has 5 nitrogen and oxygen atoms in total. The van der Waals surface area contributed by atoms with Crippen LogP contribution in [0.2, 0.25) is 0 Å². The summed E-state index contributed by atoms with van der Waals surface area (Å²) in [4.78, 5) is 22.5. The van der Waals surface area contributed by atoms with Crippen molar-refractivity contribution in [1.29, 1.82) is 0 Å². The predicted octanol–water partition coefficient (Wildman–Crippen LogP) is 5.16. The molecule has 0 unspecified atom stereocenters. The molecule has 0 atom stereocenters. The second-order valence-electron chi connectivity index (χ2n) is 8.87. The first-order valence-electron chi connectivity index (χ1n) is 11.5. The molecule has 0 aromatic heterocycles. The van der Waals surface area contributed by atoms with E-state index in [0.29, 0.717) is 11.5 Å². The molecule has 0 aliphatic carbocycles. The lowest BCUT2D eigenvalue weighted by atomic mass is 10.1. The highest BCUT2D eigenvalue weighted by atomic mass is 16.1. The second kappa shape index (κ2) is 9.90. The minimum atomic E-state index is -0.143. The Kier molecular flexibility index (Phi) is 6.78. The monoisotopic (exact) mass is 440 g/mol. The van der Waals surface area contributed by atoms with Crippen LogP contribution in [0.15, 0.2) is 71.7 Å². The van der Waals surface area contributed by atoms with Gasteiger partial charge >= 0.3 is 0 Å². The number of nitrogens with one attached hydrogen (secondary N) is 1. The fourth-order valence-corrected chi connectivity index (χ4v) is 4.30. The van der Waals surface area contributed by atoms with Crippen molar-refractivity contribution in [2.75, 3.05) is 31.1 Å². The van der Waals surface area contributed by atoms with Crippen LogP contribution < -0.4 is 10.2 Å². The van der Waals surface area contributed by atoms with Gasteiger partial charge in [-0.05, 0) is 80.3 Å². The van der Waals surface area contributed by atoms with Crippen LogP contribution in [0.3, 0.4) is 0 Å². The third kappa shape index (κ3) is 5.61. The van der Waals surface area contributed by atoms with Crippen molar-refractivity contribution in [3.63, 3.8) is 0 Å². The molecule has 170 valence electrons. The van der Waals surface area contributed by atoms with Crippen LogP contribution in [0.1, 0.15) is 32.6 Å². The number of hydrogen-bond donors (Lipinski definition) is 1. The Morgan fingerprint density at radius 3 is 2.12 bits per heavy atom. The number of anilines is 1. The number of amides is 1. The number of aliphatic imine (C=N–C) groups is 1. The van der Waals surface area contributed by atoms with Crippen LogP contribution in [-0.2, 0) is 0 Å². The summed E-state index contributed by atoms with van der Waals surface area (Å²) in [5.74, 6) is 0.463. The maximum absolute atomic E-state index is 13.0. The lowest BCUT2D eigenvalue weighted by molar-refractivity contribution is 0.0972. The molecular formula is C28H32N4O. The highest BCUT2D eigenvalue weighted by Crippen LogP contribution is 2.23. The molecule has 1 aliphatic heterocycles. The standard InChI is InChI=1S/C28H32N4O/c1-20-10-11-23(4)26(19-20)31-12-14-32(15-13-31)28(29-25-17-21(2)16-22(3)18-25)30-27(33)24-8-6-5-7-9-24/h5-11,16-19H,12-15H2,1-4H3,(H,29,30,33). The number of aryl methyl sites for hydroxylation is 4. The molecule has 1 amide bonds. The molecule has 5 heteroatoms. The Morgan fingerprint density at radius 1 is 0.788 bits per heavy atom. The minimum absolute atomic E-state index is 0.143. The Morgan fingerprint density at radius 2 is 1.45 bits per heavy atom. The molecule has 33 heavy (non-hydrogen) atoms. The van der Waals surface area contributed by atoms with E-state index in [1.807, 2.05) is 42.5 Å². The van der Waals surface area contributed by atoms with E-state index in [9.17, 15) is 4.79 Å². The summed E-state index contributed by atoms with van der Waals surface area (Å²) in [6, 6.07) is 22.1. The van der Waals surface area contributed by atoms with E-state index in [2.05, 4.69) is 67.1 Å². The third-order valence-corrected chi connectivity index (χ3v) is 5.99. The van der Waals surface area contributed by atoms with Gasteiger partial charge in [0.1, 0.15) is 0 Å². The van der Waals surface area contributed by atoms with Gasteiger partial charge in [0.25, 0.3) is 5.91 Å². The van der Waals surface area contributed by atoms with Crippen LogP contribution in [0.5, 0.6) is 0 Å². The lowest BCUT2D eigenvalue weighted by Crippen LogP contribution is -2.53. The molecule has 1 fully saturated rings. The van der Waals surface area contributed by atoms with E-state index in [1.54, 1.807) is 0 Å². The summed E-state index contributed by atoms with van der Waals surface area (Å²) in [6.07, 6.45) is 0. The Labute approximate surface area is 196 Å². The molecule has 3 aromatic rings. The first kappa shape index (κ1) is 22.6. The summed E-state index contributed by atoms with van der Waals surface area (Å²) < 4.78 is 0. The fourth-order valence-electron chi connectivity index (χ4n) is 4.30. The van der Waals surface area contributed by atoms with Crippen molar-refractivity contribution in [3.05, 3.63) is 94.5 Å². The molecule has 0 bridgehead atoms. The van der Waals surface area contributed by atoms with Crippen LogP contribution in [0.25, 0.3) is 0 Å².